The fourth-order valence-corrected chi connectivity index (χ4v) is 4.45. The van der Waals surface area contributed by atoms with Crippen molar-refractivity contribution in [1.29, 1.82) is 0 Å². The van der Waals surface area contributed by atoms with E-state index in [1.165, 1.54) is 6.42 Å². The fourth-order valence-electron chi connectivity index (χ4n) is 3.93. The third-order valence-electron chi connectivity index (χ3n) is 5.03. The average Bonchev–Trinajstić information content (AvgIpc) is 3.02. The molecule has 2 saturated carbocycles. The predicted octanol–water partition coefficient (Wildman–Crippen LogP) is 4.79. The molecule has 4 unspecified atom stereocenters. The molecular weight excluding hydrogens is 298 g/mol. The standard InChI is InChI=1S/C18H18ClNO2/c19-17-12-8-9-14(17)16(10-12)22-18(21)20-15-7-3-5-11-4-1-2-6-13(11)15/h1-7,12,14,16-17H,8-10H2,(H,20,21). The number of carbonyl (C=O) groups is 1. The van der Waals surface area contributed by atoms with E-state index in [1.807, 2.05) is 42.5 Å². The molecule has 1 amide bonds. The van der Waals surface area contributed by atoms with Crippen LogP contribution in [0.4, 0.5) is 10.5 Å². The quantitative estimate of drug-likeness (QED) is 0.809. The molecule has 3 nitrogen and oxygen atoms in total. The molecule has 0 spiro atoms. The Morgan fingerprint density at radius 2 is 1.95 bits per heavy atom. The van der Waals surface area contributed by atoms with Gasteiger partial charge in [-0.1, -0.05) is 36.4 Å². The highest BCUT2D eigenvalue weighted by Gasteiger charge is 2.49. The molecular formula is C18H18ClNO2. The number of ether oxygens (including phenoxy) is 1. The van der Waals surface area contributed by atoms with Crippen molar-refractivity contribution in [2.24, 2.45) is 11.8 Å². The molecule has 0 heterocycles. The lowest BCUT2D eigenvalue weighted by Gasteiger charge is -2.22. The summed E-state index contributed by atoms with van der Waals surface area (Å²) in [4.78, 5) is 12.2. The number of hydrogen-bond donors (Lipinski definition) is 1. The Bertz CT molecular complexity index is 712. The smallest absolute Gasteiger partial charge is 0.411 e. The van der Waals surface area contributed by atoms with E-state index in [2.05, 4.69) is 5.32 Å². The highest BCUT2D eigenvalue weighted by molar-refractivity contribution is 6.21. The van der Waals surface area contributed by atoms with Crippen molar-refractivity contribution in [3.63, 3.8) is 0 Å². The van der Waals surface area contributed by atoms with Crippen LogP contribution in [0.5, 0.6) is 0 Å². The molecule has 22 heavy (non-hydrogen) atoms. The summed E-state index contributed by atoms with van der Waals surface area (Å²) in [6.45, 7) is 0. The molecule has 4 heteroatoms. The van der Waals surface area contributed by atoms with Gasteiger partial charge in [0.2, 0.25) is 0 Å². The van der Waals surface area contributed by atoms with Gasteiger partial charge >= 0.3 is 6.09 Å². The normalized spacial score (nSPS) is 29.7. The van der Waals surface area contributed by atoms with Crippen LogP contribution in [0.3, 0.4) is 0 Å². The van der Waals surface area contributed by atoms with Gasteiger partial charge in [0.05, 0.1) is 5.69 Å². The van der Waals surface area contributed by atoms with Gasteiger partial charge in [-0.3, -0.25) is 5.32 Å². The summed E-state index contributed by atoms with van der Waals surface area (Å²) in [6.07, 6.45) is 2.74. The average molecular weight is 316 g/mol. The van der Waals surface area contributed by atoms with Crippen molar-refractivity contribution in [2.75, 3.05) is 5.32 Å². The number of halogens is 1. The zero-order chi connectivity index (χ0) is 15.1. The summed E-state index contributed by atoms with van der Waals surface area (Å²) in [5, 5.41) is 5.17. The van der Waals surface area contributed by atoms with Gasteiger partial charge < -0.3 is 4.74 Å². The molecule has 2 aliphatic rings. The van der Waals surface area contributed by atoms with Crippen LogP contribution in [0.15, 0.2) is 42.5 Å². The number of alkyl halides is 1. The second-order valence-corrected chi connectivity index (χ2v) is 6.78. The van der Waals surface area contributed by atoms with Crippen LogP contribution in [0, 0.1) is 11.8 Å². The fraction of sp³-hybridized carbons (Fsp3) is 0.389. The van der Waals surface area contributed by atoms with Crippen molar-refractivity contribution >= 4 is 34.2 Å². The van der Waals surface area contributed by atoms with Crippen LogP contribution >= 0.6 is 11.6 Å². The lowest BCUT2D eigenvalue weighted by molar-refractivity contribution is 0.0758. The summed E-state index contributed by atoms with van der Waals surface area (Å²) < 4.78 is 5.63. The summed E-state index contributed by atoms with van der Waals surface area (Å²) in [5.74, 6) is 0.840. The molecule has 1 N–H and O–H groups in total. The molecule has 2 aliphatic carbocycles. The van der Waals surface area contributed by atoms with Crippen LogP contribution in [0.2, 0.25) is 0 Å². The second kappa shape index (κ2) is 5.47. The minimum Gasteiger partial charge on any atom is -0.446 e. The van der Waals surface area contributed by atoms with Crippen LogP contribution in [-0.2, 0) is 4.74 Å². The molecule has 4 atom stereocenters. The molecule has 0 aliphatic heterocycles. The summed E-state index contributed by atoms with van der Waals surface area (Å²) >= 11 is 6.38. The number of nitrogens with one attached hydrogen (secondary N) is 1. The Labute approximate surface area is 134 Å². The lowest BCUT2D eigenvalue weighted by atomic mass is 9.98. The Morgan fingerprint density at radius 3 is 2.73 bits per heavy atom. The van der Waals surface area contributed by atoms with Gasteiger partial charge in [-0.2, -0.15) is 0 Å². The van der Waals surface area contributed by atoms with Crippen molar-refractivity contribution in [2.45, 2.75) is 30.7 Å². The number of fused-ring (bicyclic) bond motifs is 3. The maximum Gasteiger partial charge on any atom is 0.411 e. The lowest BCUT2D eigenvalue weighted by Crippen LogP contribution is -2.27. The van der Waals surface area contributed by atoms with Crippen LogP contribution in [0.25, 0.3) is 10.8 Å². The molecule has 2 fully saturated rings. The molecule has 0 aromatic heterocycles. The highest BCUT2D eigenvalue weighted by atomic mass is 35.5. The number of anilines is 1. The van der Waals surface area contributed by atoms with E-state index in [0.717, 1.165) is 29.3 Å². The number of hydrogen-bond acceptors (Lipinski definition) is 2. The monoisotopic (exact) mass is 315 g/mol. The molecule has 0 radical (unpaired) electrons. The molecule has 0 saturated heterocycles. The van der Waals surface area contributed by atoms with E-state index in [4.69, 9.17) is 16.3 Å². The number of rotatable bonds is 2. The largest absolute Gasteiger partial charge is 0.446 e. The van der Waals surface area contributed by atoms with E-state index in [0.29, 0.717) is 11.8 Å². The summed E-state index contributed by atoms with van der Waals surface area (Å²) in [5.41, 5.74) is 0.786. The van der Waals surface area contributed by atoms with Crippen molar-refractivity contribution in [1.82, 2.24) is 0 Å². The van der Waals surface area contributed by atoms with Crippen molar-refractivity contribution in [3.8, 4) is 0 Å². The van der Waals surface area contributed by atoms with Crippen molar-refractivity contribution < 1.29 is 9.53 Å². The minimum atomic E-state index is -0.377. The van der Waals surface area contributed by atoms with Gasteiger partial charge in [0.15, 0.2) is 0 Å². The first-order valence-corrected chi connectivity index (χ1v) is 8.25. The van der Waals surface area contributed by atoms with E-state index >= 15 is 0 Å². The minimum absolute atomic E-state index is 0.0313. The van der Waals surface area contributed by atoms with Gasteiger partial charge in [-0.05, 0) is 36.6 Å². The molecule has 114 valence electrons. The second-order valence-electron chi connectivity index (χ2n) is 6.28. The number of amides is 1. The van der Waals surface area contributed by atoms with Crippen molar-refractivity contribution in [3.05, 3.63) is 42.5 Å². The third-order valence-corrected chi connectivity index (χ3v) is 5.71. The van der Waals surface area contributed by atoms with Gasteiger partial charge in [0.25, 0.3) is 0 Å². The summed E-state index contributed by atoms with van der Waals surface area (Å²) in [7, 11) is 0. The number of carbonyl (C=O) groups excluding carboxylic acids is 1. The maximum absolute atomic E-state index is 12.2. The first kappa shape index (κ1) is 13.9. The van der Waals surface area contributed by atoms with Crippen LogP contribution in [0.1, 0.15) is 19.3 Å². The molecule has 2 bridgehead atoms. The van der Waals surface area contributed by atoms with E-state index in [9.17, 15) is 4.79 Å². The van der Waals surface area contributed by atoms with Gasteiger partial charge in [0, 0.05) is 16.7 Å². The van der Waals surface area contributed by atoms with Gasteiger partial charge in [-0.15, -0.1) is 11.6 Å². The zero-order valence-electron chi connectivity index (χ0n) is 12.2. The van der Waals surface area contributed by atoms with E-state index in [1.54, 1.807) is 0 Å². The van der Waals surface area contributed by atoms with Crippen LogP contribution in [-0.4, -0.2) is 17.6 Å². The number of benzene rings is 2. The van der Waals surface area contributed by atoms with Gasteiger partial charge in [-0.25, -0.2) is 4.79 Å². The first-order chi connectivity index (χ1) is 10.7. The maximum atomic E-state index is 12.2. The zero-order valence-corrected chi connectivity index (χ0v) is 12.9. The topological polar surface area (TPSA) is 38.3 Å². The summed E-state index contributed by atoms with van der Waals surface area (Å²) in [6, 6.07) is 13.8. The SMILES string of the molecule is O=C(Nc1cccc2ccccc12)OC1CC2CCC1C2Cl. The molecule has 4 rings (SSSR count). The molecule has 2 aromatic carbocycles. The Kier molecular flexibility index (Phi) is 3.45. The Balaban J connectivity index is 1.48. The first-order valence-electron chi connectivity index (χ1n) is 7.82. The predicted molar refractivity (Wildman–Crippen MR) is 88.3 cm³/mol. The van der Waals surface area contributed by atoms with E-state index < -0.39 is 0 Å². The third kappa shape index (κ3) is 2.34. The highest BCUT2D eigenvalue weighted by Crippen LogP contribution is 2.49. The Hall–Kier alpha value is -1.74. The molecule has 2 aromatic rings. The van der Waals surface area contributed by atoms with Gasteiger partial charge in [0.1, 0.15) is 6.10 Å². The van der Waals surface area contributed by atoms with Crippen LogP contribution < -0.4 is 5.32 Å². The Morgan fingerprint density at radius 1 is 1.14 bits per heavy atom. The van der Waals surface area contributed by atoms with E-state index in [-0.39, 0.29) is 17.6 Å².